The van der Waals surface area contributed by atoms with Gasteiger partial charge < -0.3 is 15.3 Å². The minimum Gasteiger partial charge on any atom is -0.480 e. The smallest absolute Gasteiger partial charge is 0.326 e. The van der Waals surface area contributed by atoms with Crippen molar-refractivity contribution in [3.05, 3.63) is 0 Å². The molecule has 3 unspecified atom stereocenters. The number of fused-ring (bicyclic) bond motifs is 1. The summed E-state index contributed by atoms with van der Waals surface area (Å²) in [6.45, 7) is 4.45. The Balaban J connectivity index is 1.84. The summed E-state index contributed by atoms with van der Waals surface area (Å²) in [5.41, 5.74) is -0.336. The van der Waals surface area contributed by atoms with Crippen LogP contribution in [-0.2, 0) is 9.59 Å². The highest BCUT2D eigenvalue weighted by Gasteiger charge is 2.53. The molecular formula is C16H26N2O3. The van der Waals surface area contributed by atoms with Crippen molar-refractivity contribution in [2.75, 3.05) is 19.6 Å². The molecule has 0 radical (unpaired) electrons. The predicted molar refractivity (Wildman–Crippen MR) is 78.8 cm³/mol. The first-order valence-corrected chi connectivity index (χ1v) is 8.33. The molecule has 3 rings (SSSR count). The van der Waals surface area contributed by atoms with Gasteiger partial charge in [-0.05, 0) is 57.0 Å². The van der Waals surface area contributed by atoms with Crippen molar-refractivity contribution in [2.45, 2.75) is 51.5 Å². The van der Waals surface area contributed by atoms with E-state index < -0.39 is 12.0 Å². The number of nitrogens with one attached hydrogen (secondary N) is 1. The summed E-state index contributed by atoms with van der Waals surface area (Å²) in [6.07, 6.45) is 5.64. The van der Waals surface area contributed by atoms with Gasteiger partial charge >= 0.3 is 5.97 Å². The summed E-state index contributed by atoms with van der Waals surface area (Å²) in [5, 5.41) is 12.9. The molecule has 2 saturated heterocycles. The van der Waals surface area contributed by atoms with Crippen molar-refractivity contribution in [3.63, 3.8) is 0 Å². The van der Waals surface area contributed by atoms with E-state index in [2.05, 4.69) is 12.2 Å². The first-order valence-electron chi connectivity index (χ1n) is 8.33. The van der Waals surface area contributed by atoms with Crippen LogP contribution in [0.2, 0.25) is 0 Å². The average Bonchev–Trinajstić information content (AvgIpc) is 3.06. The third kappa shape index (κ3) is 2.35. The van der Waals surface area contributed by atoms with E-state index in [0.717, 1.165) is 51.6 Å². The Bertz CT molecular complexity index is 431. The highest BCUT2D eigenvalue weighted by Crippen LogP contribution is 2.45. The highest BCUT2D eigenvalue weighted by molar-refractivity contribution is 5.88. The van der Waals surface area contributed by atoms with Gasteiger partial charge in [0.25, 0.3) is 0 Å². The molecule has 0 spiro atoms. The Hall–Kier alpha value is -1.10. The van der Waals surface area contributed by atoms with Gasteiger partial charge in [0.2, 0.25) is 5.91 Å². The van der Waals surface area contributed by atoms with Gasteiger partial charge in [0, 0.05) is 6.54 Å². The maximum atomic E-state index is 13.1. The van der Waals surface area contributed by atoms with E-state index in [9.17, 15) is 14.7 Å². The number of nitrogens with zero attached hydrogens (tertiary/aromatic N) is 1. The number of carboxylic acid groups (broad SMARTS) is 1. The van der Waals surface area contributed by atoms with Crippen LogP contribution in [0.15, 0.2) is 0 Å². The van der Waals surface area contributed by atoms with Crippen LogP contribution in [0.1, 0.15) is 45.4 Å². The Morgan fingerprint density at radius 2 is 2.00 bits per heavy atom. The minimum absolute atomic E-state index is 0.105. The fraction of sp³-hybridized carbons (Fsp3) is 0.875. The monoisotopic (exact) mass is 294 g/mol. The zero-order valence-corrected chi connectivity index (χ0v) is 12.8. The molecule has 0 aromatic rings. The molecule has 5 heteroatoms. The lowest BCUT2D eigenvalue weighted by Crippen LogP contribution is -2.53. The van der Waals surface area contributed by atoms with E-state index >= 15 is 0 Å². The molecule has 3 aliphatic rings. The Morgan fingerprint density at radius 3 is 2.62 bits per heavy atom. The molecule has 1 aliphatic carbocycles. The predicted octanol–water partition coefficient (Wildman–Crippen LogP) is 1.48. The number of carboxylic acids is 1. The summed E-state index contributed by atoms with van der Waals surface area (Å²) >= 11 is 0. The van der Waals surface area contributed by atoms with Gasteiger partial charge in [-0.15, -0.1) is 0 Å². The van der Waals surface area contributed by atoms with Crippen molar-refractivity contribution in [3.8, 4) is 0 Å². The first kappa shape index (κ1) is 14.8. The fourth-order valence-electron chi connectivity index (χ4n) is 4.76. The standard InChI is InChI=1S/C16H26N2O3/c1-2-16(6-8-17-9-7-16)15(21)18-10-11-4-3-5-12(11)13(18)14(19)20/h11-13,17H,2-10H2,1H3,(H,19,20). The lowest BCUT2D eigenvalue weighted by atomic mass is 9.75. The van der Waals surface area contributed by atoms with Gasteiger partial charge in [-0.2, -0.15) is 0 Å². The maximum Gasteiger partial charge on any atom is 0.326 e. The quantitative estimate of drug-likeness (QED) is 0.827. The molecule has 3 fully saturated rings. The molecule has 0 bridgehead atoms. The largest absolute Gasteiger partial charge is 0.480 e. The number of rotatable bonds is 3. The number of likely N-dealkylation sites (tertiary alicyclic amines) is 1. The Kier molecular flexibility index (Phi) is 3.95. The van der Waals surface area contributed by atoms with Gasteiger partial charge in [0.1, 0.15) is 6.04 Å². The molecule has 2 heterocycles. The van der Waals surface area contributed by atoms with Crippen LogP contribution in [0.3, 0.4) is 0 Å². The zero-order chi connectivity index (χ0) is 15.0. The molecule has 3 atom stereocenters. The molecule has 0 aromatic carbocycles. The molecule has 21 heavy (non-hydrogen) atoms. The van der Waals surface area contributed by atoms with E-state index in [1.54, 1.807) is 4.90 Å². The van der Waals surface area contributed by atoms with Crippen molar-refractivity contribution in [1.29, 1.82) is 0 Å². The van der Waals surface area contributed by atoms with Crippen LogP contribution in [0.25, 0.3) is 0 Å². The molecule has 1 amide bonds. The van der Waals surface area contributed by atoms with Crippen LogP contribution in [0.4, 0.5) is 0 Å². The number of carbonyl (C=O) groups is 2. The SMILES string of the molecule is CCC1(C(=O)N2CC3CCCC3C2C(=O)O)CCNCC1. The molecule has 5 nitrogen and oxygen atoms in total. The van der Waals surface area contributed by atoms with Gasteiger partial charge in [0.05, 0.1) is 5.41 Å². The summed E-state index contributed by atoms with van der Waals surface area (Å²) < 4.78 is 0. The van der Waals surface area contributed by atoms with E-state index in [4.69, 9.17) is 0 Å². The zero-order valence-electron chi connectivity index (χ0n) is 12.8. The van der Waals surface area contributed by atoms with Crippen molar-refractivity contribution < 1.29 is 14.7 Å². The lowest BCUT2D eigenvalue weighted by molar-refractivity contribution is -0.155. The molecule has 2 N–H and O–H groups in total. The van der Waals surface area contributed by atoms with Crippen LogP contribution >= 0.6 is 0 Å². The fourth-order valence-corrected chi connectivity index (χ4v) is 4.76. The van der Waals surface area contributed by atoms with E-state index in [0.29, 0.717) is 12.5 Å². The number of hydrogen-bond donors (Lipinski definition) is 2. The highest BCUT2D eigenvalue weighted by atomic mass is 16.4. The van der Waals surface area contributed by atoms with Gasteiger partial charge in [-0.3, -0.25) is 4.79 Å². The Labute approximate surface area is 126 Å². The average molecular weight is 294 g/mol. The van der Waals surface area contributed by atoms with Crippen LogP contribution < -0.4 is 5.32 Å². The number of piperidine rings is 1. The minimum atomic E-state index is -0.807. The molecule has 2 aliphatic heterocycles. The van der Waals surface area contributed by atoms with Crippen LogP contribution in [-0.4, -0.2) is 47.6 Å². The normalized spacial score (nSPS) is 34.7. The summed E-state index contributed by atoms with van der Waals surface area (Å²) in [6, 6.07) is -0.580. The summed E-state index contributed by atoms with van der Waals surface area (Å²) in [7, 11) is 0. The molecule has 118 valence electrons. The van der Waals surface area contributed by atoms with Crippen molar-refractivity contribution in [1.82, 2.24) is 10.2 Å². The maximum absolute atomic E-state index is 13.1. The topological polar surface area (TPSA) is 69.6 Å². The van der Waals surface area contributed by atoms with Gasteiger partial charge in [-0.1, -0.05) is 13.3 Å². The number of hydrogen-bond acceptors (Lipinski definition) is 3. The van der Waals surface area contributed by atoms with Gasteiger partial charge in [-0.25, -0.2) is 4.79 Å². The molecule has 0 aromatic heterocycles. The second-order valence-corrected chi connectivity index (χ2v) is 6.98. The number of carbonyl (C=O) groups excluding carboxylic acids is 1. The van der Waals surface area contributed by atoms with Crippen molar-refractivity contribution >= 4 is 11.9 Å². The second kappa shape index (κ2) is 5.59. The van der Waals surface area contributed by atoms with Gasteiger partial charge in [0.15, 0.2) is 0 Å². The number of aliphatic carboxylic acids is 1. The Morgan fingerprint density at radius 1 is 1.29 bits per heavy atom. The second-order valence-electron chi connectivity index (χ2n) is 6.98. The van der Waals surface area contributed by atoms with E-state index in [1.165, 1.54) is 0 Å². The molecule has 1 saturated carbocycles. The van der Waals surface area contributed by atoms with Crippen LogP contribution in [0, 0.1) is 17.3 Å². The summed E-state index contributed by atoms with van der Waals surface area (Å²) in [5.74, 6) is -0.112. The van der Waals surface area contributed by atoms with Crippen LogP contribution in [0.5, 0.6) is 0 Å². The third-order valence-corrected chi connectivity index (χ3v) is 6.10. The van der Waals surface area contributed by atoms with Crippen molar-refractivity contribution in [2.24, 2.45) is 17.3 Å². The lowest BCUT2D eigenvalue weighted by Gasteiger charge is -2.40. The van der Waals surface area contributed by atoms with E-state index in [-0.39, 0.29) is 17.2 Å². The third-order valence-electron chi connectivity index (χ3n) is 6.10. The van der Waals surface area contributed by atoms with E-state index in [1.807, 2.05) is 0 Å². The first-order chi connectivity index (χ1) is 10.1. The molecular weight excluding hydrogens is 268 g/mol. The summed E-state index contributed by atoms with van der Waals surface area (Å²) in [4.78, 5) is 26.6. The number of amides is 1.